The van der Waals surface area contributed by atoms with Crippen molar-refractivity contribution in [1.82, 2.24) is 20.0 Å². The number of rotatable bonds is 7. The number of aliphatic imine (C=N–C) groups is 1. The number of likely N-dealkylation sites (tertiary alicyclic amines) is 1. The standard InChI is InChI=1S/C19H29N5O/c1-3-4-9-20-19(21-10-7-18-6-5-12-25-18)24-11-8-16(15-24)17-13-22-23(2)14-17/h5-6,12-14,16H,3-4,7-11,15H2,1-2H3,(H,20,21). The number of hydrogen-bond donors (Lipinski definition) is 1. The zero-order valence-electron chi connectivity index (χ0n) is 15.3. The van der Waals surface area contributed by atoms with Gasteiger partial charge in [0.25, 0.3) is 0 Å². The minimum Gasteiger partial charge on any atom is -0.469 e. The lowest BCUT2D eigenvalue weighted by molar-refractivity contribution is 0.474. The van der Waals surface area contributed by atoms with Crippen LogP contribution in [0.25, 0.3) is 0 Å². The van der Waals surface area contributed by atoms with Gasteiger partial charge in [0, 0.05) is 51.8 Å². The lowest BCUT2D eigenvalue weighted by Gasteiger charge is -2.22. The number of nitrogens with zero attached hydrogens (tertiary/aromatic N) is 4. The molecule has 0 aliphatic carbocycles. The molecule has 1 fully saturated rings. The Hall–Kier alpha value is -2.24. The van der Waals surface area contributed by atoms with E-state index in [4.69, 9.17) is 9.41 Å². The first-order valence-corrected chi connectivity index (χ1v) is 9.30. The van der Waals surface area contributed by atoms with Crippen LogP contribution in [-0.2, 0) is 13.5 Å². The Morgan fingerprint density at radius 3 is 3.12 bits per heavy atom. The fourth-order valence-electron chi connectivity index (χ4n) is 3.24. The van der Waals surface area contributed by atoms with Crippen molar-refractivity contribution in [3.63, 3.8) is 0 Å². The van der Waals surface area contributed by atoms with Crippen LogP contribution in [0.3, 0.4) is 0 Å². The van der Waals surface area contributed by atoms with E-state index in [0.717, 1.165) is 57.2 Å². The molecule has 1 N–H and O–H groups in total. The van der Waals surface area contributed by atoms with Crippen LogP contribution < -0.4 is 5.32 Å². The summed E-state index contributed by atoms with van der Waals surface area (Å²) in [5, 5.41) is 7.84. The first-order valence-electron chi connectivity index (χ1n) is 9.30. The van der Waals surface area contributed by atoms with E-state index < -0.39 is 0 Å². The van der Waals surface area contributed by atoms with Crippen molar-refractivity contribution >= 4 is 5.96 Å². The van der Waals surface area contributed by atoms with Gasteiger partial charge in [-0.1, -0.05) is 13.3 Å². The molecule has 25 heavy (non-hydrogen) atoms. The van der Waals surface area contributed by atoms with Gasteiger partial charge < -0.3 is 14.6 Å². The third-order valence-corrected chi connectivity index (χ3v) is 4.69. The van der Waals surface area contributed by atoms with E-state index in [1.165, 1.54) is 12.0 Å². The van der Waals surface area contributed by atoms with Crippen molar-refractivity contribution in [1.29, 1.82) is 0 Å². The molecule has 1 unspecified atom stereocenters. The summed E-state index contributed by atoms with van der Waals surface area (Å²) in [6.45, 7) is 5.97. The van der Waals surface area contributed by atoms with Crippen molar-refractivity contribution in [2.24, 2.45) is 12.0 Å². The number of hydrogen-bond acceptors (Lipinski definition) is 3. The SMILES string of the molecule is CCCCN=C(NCCc1ccco1)N1CCC(c2cnn(C)c2)C1. The van der Waals surface area contributed by atoms with E-state index in [-0.39, 0.29) is 0 Å². The van der Waals surface area contributed by atoms with Gasteiger partial charge in [-0.2, -0.15) is 5.10 Å². The van der Waals surface area contributed by atoms with E-state index >= 15 is 0 Å². The Kier molecular flexibility index (Phi) is 6.14. The molecule has 0 radical (unpaired) electrons. The highest BCUT2D eigenvalue weighted by atomic mass is 16.3. The smallest absolute Gasteiger partial charge is 0.193 e. The molecule has 3 heterocycles. The Bertz CT molecular complexity index is 661. The van der Waals surface area contributed by atoms with Crippen LogP contribution in [0.2, 0.25) is 0 Å². The molecule has 0 bridgehead atoms. The number of nitrogens with one attached hydrogen (secondary N) is 1. The summed E-state index contributed by atoms with van der Waals surface area (Å²) in [6.07, 6.45) is 10.2. The highest BCUT2D eigenvalue weighted by Crippen LogP contribution is 2.26. The van der Waals surface area contributed by atoms with E-state index in [0.29, 0.717) is 5.92 Å². The minimum absolute atomic E-state index is 0.539. The lowest BCUT2D eigenvalue weighted by Crippen LogP contribution is -2.41. The number of aromatic nitrogens is 2. The van der Waals surface area contributed by atoms with E-state index in [2.05, 4.69) is 28.4 Å². The summed E-state index contributed by atoms with van der Waals surface area (Å²) in [7, 11) is 1.98. The maximum absolute atomic E-state index is 5.41. The zero-order chi connectivity index (χ0) is 17.5. The van der Waals surface area contributed by atoms with Gasteiger partial charge in [-0.05, 0) is 30.5 Å². The second-order valence-electron chi connectivity index (χ2n) is 6.69. The monoisotopic (exact) mass is 343 g/mol. The predicted molar refractivity (Wildman–Crippen MR) is 99.8 cm³/mol. The zero-order valence-corrected chi connectivity index (χ0v) is 15.3. The molecule has 0 saturated carbocycles. The van der Waals surface area contributed by atoms with Gasteiger partial charge >= 0.3 is 0 Å². The first kappa shape index (κ1) is 17.6. The molecule has 136 valence electrons. The Balaban J connectivity index is 1.57. The van der Waals surface area contributed by atoms with Crippen molar-refractivity contribution in [3.05, 3.63) is 42.1 Å². The summed E-state index contributed by atoms with van der Waals surface area (Å²) in [5.74, 6) is 2.58. The third-order valence-electron chi connectivity index (χ3n) is 4.69. The fourth-order valence-corrected chi connectivity index (χ4v) is 3.24. The van der Waals surface area contributed by atoms with Gasteiger partial charge in [-0.25, -0.2) is 0 Å². The number of aryl methyl sites for hydroxylation is 1. The van der Waals surface area contributed by atoms with Crippen molar-refractivity contribution in [3.8, 4) is 0 Å². The largest absolute Gasteiger partial charge is 0.469 e. The van der Waals surface area contributed by atoms with Crippen LogP contribution in [-0.4, -0.2) is 46.8 Å². The molecule has 1 aliphatic heterocycles. The maximum Gasteiger partial charge on any atom is 0.193 e. The van der Waals surface area contributed by atoms with Crippen molar-refractivity contribution < 1.29 is 4.42 Å². The Labute approximate surface area is 149 Å². The third kappa shape index (κ3) is 4.87. The number of unbranched alkanes of at least 4 members (excludes halogenated alkanes) is 1. The van der Waals surface area contributed by atoms with Gasteiger partial charge in [-0.15, -0.1) is 0 Å². The molecule has 1 aliphatic rings. The minimum atomic E-state index is 0.539. The van der Waals surface area contributed by atoms with Gasteiger partial charge in [0.05, 0.1) is 12.5 Å². The van der Waals surface area contributed by atoms with Crippen LogP contribution in [0.1, 0.15) is 43.4 Å². The highest BCUT2D eigenvalue weighted by Gasteiger charge is 2.26. The number of furan rings is 1. The summed E-state index contributed by atoms with van der Waals surface area (Å²) in [5.41, 5.74) is 1.33. The van der Waals surface area contributed by atoms with Gasteiger partial charge in [0.1, 0.15) is 5.76 Å². The van der Waals surface area contributed by atoms with Gasteiger partial charge in [-0.3, -0.25) is 9.67 Å². The molecule has 6 nitrogen and oxygen atoms in total. The van der Waals surface area contributed by atoms with Crippen LogP contribution in [0.5, 0.6) is 0 Å². The van der Waals surface area contributed by atoms with Crippen molar-refractivity contribution in [2.45, 2.75) is 38.5 Å². The molecule has 2 aromatic rings. The van der Waals surface area contributed by atoms with E-state index in [9.17, 15) is 0 Å². The summed E-state index contributed by atoms with van der Waals surface area (Å²) in [4.78, 5) is 7.21. The molecule has 1 atom stereocenters. The molecule has 0 aromatic carbocycles. The predicted octanol–water partition coefficient (Wildman–Crippen LogP) is 2.79. The molecule has 3 rings (SSSR count). The highest BCUT2D eigenvalue weighted by molar-refractivity contribution is 5.80. The Morgan fingerprint density at radius 1 is 1.48 bits per heavy atom. The molecule has 6 heteroatoms. The van der Waals surface area contributed by atoms with Crippen LogP contribution in [0.15, 0.2) is 40.2 Å². The molecule has 0 spiro atoms. The molecular formula is C19H29N5O. The summed E-state index contributed by atoms with van der Waals surface area (Å²) >= 11 is 0. The molecular weight excluding hydrogens is 314 g/mol. The quantitative estimate of drug-likeness (QED) is 0.477. The summed E-state index contributed by atoms with van der Waals surface area (Å²) in [6, 6.07) is 3.95. The Morgan fingerprint density at radius 2 is 2.40 bits per heavy atom. The average Bonchev–Trinajstić information content (AvgIpc) is 3.35. The van der Waals surface area contributed by atoms with E-state index in [1.807, 2.05) is 30.1 Å². The topological polar surface area (TPSA) is 58.6 Å². The molecule has 2 aromatic heterocycles. The second kappa shape index (κ2) is 8.74. The number of guanidine groups is 1. The second-order valence-corrected chi connectivity index (χ2v) is 6.69. The van der Waals surface area contributed by atoms with Crippen LogP contribution in [0.4, 0.5) is 0 Å². The van der Waals surface area contributed by atoms with Crippen LogP contribution >= 0.6 is 0 Å². The maximum atomic E-state index is 5.41. The lowest BCUT2D eigenvalue weighted by atomic mass is 10.0. The average molecular weight is 343 g/mol. The van der Waals surface area contributed by atoms with Crippen molar-refractivity contribution in [2.75, 3.05) is 26.2 Å². The van der Waals surface area contributed by atoms with Crippen LogP contribution in [0, 0.1) is 0 Å². The molecule has 1 saturated heterocycles. The van der Waals surface area contributed by atoms with Gasteiger partial charge in [0.15, 0.2) is 5.96 Å². The summed E-state index contributed by atoms with van der Waals surface area (Å²) < 4.78 is 7.30. The van der Waals surface area contributed by atoms with Gasteiger partial charge in [0.2, 0.25) is 0 Å². The normalized spacial score (nSPS) is 18.1. The first-order chi connectivity index (χ1) is 12.3. The fraction of sp³-hybridized carbons (Fsp3) is 0.579. The van der Waals surface area contributed by atoms with E-state index in [1.54, 1.807) is 6.26 Å². The molecule has 0 amide bonds.